The zero-order chi connectivity index (χ0) is 49.3. The highest BCUT2D eigenvalue weighted by atomic mass is 15.4. The van der Waals surface area contributed by atoms with Gasteiger partial charge in [-0.1, -0.05) is 170 Å². The van der Waals surface area contributed by atoms with Gasteiger partial charge in [-0.3, -0.25) is 4.90 Å². The molecule has 0 amide bonds. The second-order valence-electron chi connectivity index (χ2n) is 31.5. The van der Waals surface area contributed by atoms with Crippen LogP contribution in [0.3, 0.4) is 0 Å². The van der Waals surface area contributed by atoms with Gasteiger partial charge in [0.2, 0.25) is 0 Å². The summed E-state index contributed by atoms with van der Waals surface area (Å²) in [5.74, 6) is 7.00. The molecule has 0 aromatic carbocycles. The molecule has 5 heterocycles. The molecule has 0 bridgehead atoms. The fourth-order valence-electron chi connectivity index (χ4n) is 26.2. The van der Waals surface area contributed by atoms with Gasteiger partial charge >= 0.3 is 0 Å². The van der Waals surface area contributed by atoms with E-state index < -0.39 is 0 Å². The molecule has 15 aliphatic rings. The van der Waals surface area contributed by atoms with Gasteiger partial charge in [-0.2, -0.15) is 0 Å². The minimum absolute atomic E-state index is 0.134. The van der Waals surface area contributed by atoms with Gasteiger partial charge in [0, 0.05) is 75.3 Å². The van der Waals surface area contributed by atoms with Crippen molar-refractivity contribution in [1.82, 2.24) is 14.7 Å². The molecular formula is C69H106BN3. The second kappa shape index (κ2) is 17.5. The quantitative estimate of drug-likeness (QED) is 0.205. The summed E-state index contributed by atoms with van der Waals surface area (Å²) >= 11 is 0. The van der Waals surface area contributed by atoms with Crippen molar-refractivity contribution >= 4 is 6.71 Å². The second-order valence-corrected chi connectivity index (χ2v) is 31.5. The van der Waals surface area contributed by atoms with Crippen LogP contribution in [-0.4, -0.2) is 62.2 Å². The van der Waals surface area contributed by atoms with Crippen LogP contribution in [0, 0.1) is 51.8 Å². The van der Waals surface area contributed by atoms with Crippen LogP contribution in [0.25, 0.3) is 0 Å². The lowest BCUT2D eigenvalue weighted by atomic mass is 9.21. The zero-order valence-electron chi connectivity index (χ0n) is 48.2. The highest BCUT2D eigenvalue weighted by Crippen LogP contribution is 2.77. The average Bonchev–Trinajstić information content (AvgIpc) is 3.87. The molecule has 11 fully saturated rings. The lowest BCUT2D eigenvalue weighted by Gasteiger charge is -2.65. The summed E-state index contributed by atoms with van der Waals surface area (Å²) in [5.41, 5.74) is 13.6. The molecule has 0 N–H and O–H groups in total. The van der Waals surface area contributed by atoms with Crippen LogP contribution in [-0.2, 0) is 0 Å². The first-order chi connectivity index (χ1) is 35.5. The van der Waals surface area contributed by atoms with Crippen LogP contribution in [0.2, 0.25) is 11.6 Å². The molecule has 0 aromatic heterocycles. The van der Waals surface area contributed by atoms with E-state index in [0.29, 0.717) is 28.3 Å². The molecule has 0 radical (unpaired) electrons. The Balaban J connectivity index is 0.944. The molecule has 10 aliphatic carbocycles. The molecule has 7 saturated carbocycles. The molecule has 9 unspecified atom stereocenters. The van der Waals surface area contributed by atoms with Crippen molar-refractivity contribution in [3.8, 4) is 0 Å². The highest BCUT2D eigenvalue weighted by molar-refractivity contribution is 6.71. The normalized spacial score (nSPS) is 41.5. The Labute approximate surface area is 448 Å². The van der Waals surface area contributed by atoms with Crippen LogP contribution < -0.4 is 0 Å². The molecule has 9 atom stereocenters. The Hall–Kier alpha value is -1.42. The number of hydrogen-bond donors (Lipinski definition) is 0. The molecule has 3 nitrogen and oxygen atoms in total. The van der Waals surface area contributed by atoms with E-state index in [1.165, 1.54) is 218 Å². The summed E-state index contributed by atoms with van der Waals surface area (Å²) in [4.78, 5) is 10.4. The van der Waals surface area contributed by atoms with Crippen molar-refractivity contribution < 1.29 is 0 Å². The third-order valence-corrected chi connectivity index (χ3v) is 28.8. The molecule has 4 heteroatoms. The van der Waals surface area contributed by atoms with Crippen LogP contribution in [0.15, 0.2) is 45.7 Å². The number of rotatable bonds is 4. The Morgan fingerprint density at radius 2 is 1.14 bits per heavy atom. The Morgan fingerprint density at radius 1 is 0.534 bits per heavy atom. The SMILES string of the molecule is CC1(C)N(C2CC3=C4B(C5CC=C(C6CCCCC6)C6C5N3C(C)(C)C63CCCCC3)C3CCC(C5CCCCC5)C5C3N(C4C2)C(C)(C)C52CCCCC2)C2=CCCC(C3CCCCC3)=C2C12CCCCC2. The van der Waals surface area contributed by atoms with E-state index in [-0.39, 0.29) is 16.6 Å². The maximum Gasteiger partial charge on any atom is 0.185 e. The van der Waals surface area contributed by atoms with E-state index in [1.54, 1.807) is 19.3 Å². The number of hydrogen-bond acceptors (Lipinski definition) is 3. The summed E-state index contributed by atoms with van der Waals surface area (Å²) in [7, 11) is 0. The maximum absolute atomic E-state index is 3.57. The van der Waals surface area contributed by atoms with E-state index in [9.17, 15) is 0 Å². The van der Waals surface area contributed by atoms with Gasteiger partial charge in [-0.15, -0.1) is 0 Å². The van der Waals surface area contributed by atoms with Crippen LogP contribution in [0.5, 0.6) is 0 Å². The first kappa shape index (κ1) is 48.7. The van der Waals surface area contributed by atoms with Gasteiger partial charge in [-0.25, -0.2) is 0 Å². The molecule has 0 aromatic rings. The molecule has 15 rings (SSSR count). The van der Waals surface area contributed by atoms with Gasteiger partial charge in [-0.05, 0) is 184 Å². The number of nitrogens with zero attached hydrogens (tertiary/aromatic N) is 3. The maximum atomic E-state index is 3.57. The van der Waals surface area contributed by atoms with Gasteiger partial charge in [0.05, 0.1) is 0 Å². The Bertz CT molecular complexity index is 2270. The predicted octanol–water partition coefficient (Wildman–Crippen LogP) is 18.1. The minimum Gasteiger partial charge on any atom is -0.366 e. The molecule has 5 aliphatic heterocycles. The molecular weight excluding hydrogens is 882 g/mol. The van der Waals surface area contributed by atoms with Crippen LogP contribution in [0.4, 0.5) is 0 Å². The van der Waals surface area contributed by atoms with E-state index in [2.05, 4.69) is 73.9 Å². The van der Waals surface area contributed by atoms with Gasteiger partial charge in [0.15, 0.2) is 6.71 Å². The zero-order valence-corrected chi connectivity index (χ0v) is 48.2. The number of likely N-dealkylation sites (tertiary alicyclic amines) is 1. The van der Waals surface area contributed by atoms with Gasteiger partial charge < -0.3 is 9.80 Å². The van der Waals surface area contributed by atoms with E-state index in [4.69, 9.17) is 0 Å². The fraction of sp³-hybridized carbons (Fsp3) is 0.884. The highest BCUT2D eigenvalue weighted by Gasteiger charge is 2.77. The van der Waals surface area contributed by atoms with Crippen molar-refractivity contribution in [2.24, 2.45) is 51.8 Å². The van der Waals surface area contributed by atoms with Crippen molar-refractivity contribution in [3.05, 3.63) is 45.7 Å². The number of allylic oxidation sites excluding steroid dienone is 4. The van der Waals surface area contributed by atoms with Crippen molar-refractivity contribution in [1.29, 1.82) is 0 Å². The van der Waals surface area contributed by atoms with Crippen molar-refractivity contribution in [2.75, 3.05) is 0 Å². The summed E-state index contributed by atoms with van der Waals surface area (Å²) in [6, 6.07) is 2.68. The predicted molar refractivity (Wildman–Crippen MR) is 305 cm³/mol. The molecule has 4 saturated heterocycles. The van der Waals surface area contributed by atoms with Crippen molar-refractivity contribution in [3.63, 3.8) is 0 Å². The minimum atomic E-state index is 0.134. The fourth-order valence-corrected chi connectivity index (χ4v) is 26.2. The smallest absolute Gasteiger partial charge is 0.185 e. The molecule has 73 heavy (non-hydrogen) atoms. The van der Waals surface area contributed by atoms with E-state index in [1.807, 2.05) is 28.1 Å². The monoisotopic (exact) mass is 988 g/mol. The Morgan fingerprint density at radius 3 is 1.81 bits per heavy atom. The Kier molecular flexibility index (Phi) is 11.7. The van der Waals surface area contributed by atoms with Gasteiger partial charge in [0.1, 0.15) is 0 Å². The third kappa shape index (κ3) is 6.41. The lowest BCUT2D eigenvalue weighted by molar-refractivity contribution is -0.0304. The summed E-state index contributed by atoms with van der Waals surface area (Å²) < 4.78 is 0. The van der Waals surface area contributed by atoms with Crippen LogP contribution in [0.1, 0.15) is 279 Å². The largest absolute Gasteiger partial charge is 0.366 e. The molecule has 400 valence electrons. The topological polar surface area (TPSA) is 9.72 Å². The number of fused-ring (bicyclic) bond motifs is 8. The third-order valence-electron chi connectivity index (χ3n) is 28.8. The standard InChI is InChI=1S/C69H106BN3/c1-64(2)67(38-19-10-20-39-67)58-50(46-26-13-7-14-27-46)32-25-33-55(58)71(64)49-44-56-61-57(45-49)73-63-54(37-35-52(48-30-17-9-18-31-48)60(63)69(66(73,5)6)42-23-12-24-43-69)70(61)53-36-34-51(47-28-15-8-16-29-47)59-62(53)72(56)65(3,4)68(59)40-21-11-22-41-68/h33-34,46-49,52-54,57,59-60,62-63H,7-32,35-45H2,1-6H3. The average molecular weight is 988 g/mol. The lowest BCUT2D eigenvalue weighted by Crippen LogP contribution is -2.70. The van der Waals surface area contributed by atoms with Crippen LogP contribution >= 0.6 is 0 Å². The molecule has 3 spiro atoms. The van der Waals surface area contributed by atoms with Crippen molar-refractivity contribution in [2.45, 2.75) is 332 Å². The first-order valence-corrected chi connectivity index (χ1v) is 33.7. The summed E-state index contributed by atoms with van der Waals surface area (Å²) in [6.07, 6.45) is 60.4. The van der Waals surface area contributed by atoms with E-state index >= 15 is 0 Å². The summed E-state index contributed by atoms with van der Waals surface area (Å²) in [5, 5.41) is 0. The van der Waals surface area contributed by atoms with E-state index in [0.717, 1.165) is 65.9 Å². The summed E-state index contributed by atoms with van der Waals surface area (Å²) in [6.45, 7) is 18.2. The van der Waals surface area contributed by atoms with Gasteiger partial charge in [0.25, 0.3) is 0 Å². The first-order valence-electron chi connectivity index (χ1n) is 33.7.